The van der Waals surface area contributed by atoms with Crippen molar-refractivity contribution < 1.29 is 0 Å². The molecule has 1 aromatic heterocycles. The van der Waals surface area contributed by atoms with Gasteiger partial charge in [0.25, 0.3) is 0 Å². The number of nitrogens with zero attached hydrogens (tertiary/aromatic N) is 1. The first-order valence-corrected chi connectivity index (χ1v) is 6.35. The molecule has 2 nitrogen and oxygen atoms in total. The average Bonchev–Trinajstić information content (AvgIpc) is 2.70. The van der Waals surface area contributed by atoms with Gasteiger partial charge >= 0.3 is 0 Å². The van der Waals surface area contributed by atoms with Crippen molar-refractivity contribution in [3.8, 4) is 11.1 Å². The number of benzene rings is 2. The summed E-state index contributed by atoms with van der Waals surface area (Å²) in [5, 5.41) is 1.33. The molecule has 0 atom stereocenters. The maximum Gasteiger partial charge on any atom is 0.181 e. The van der Waals surface area contributed by atoms with E-state index in [9.17, 15) is 0 Å². The Balaban J connectivity index is 2.34. The van der Waals surface area contributed by atoms with Crippen LogP contribution in [0.25, 0.3) is 21.3 Å². The predicted molar refractivity (Wildman–Crippen MR) is 74.5 cm³/mol. The summed E-state index contributed by atoms with van der Waals surface area (Å²) in [6.07, 6.45) is 0. The zero-order valence-electron chi connectivity index (χ0n) is 8.85. The first-order chi connectivity index (χ1) is 8.25. The maximum absolute atomic E-state index is 6.22. The summed E-state index contributed by atoms with van der Waals surface area (Å²) in [4.78, 5) is 4.28. The number of anilines is 1. The Morgan fingerprint density at radius 1 is 1.00 bits per heavy atom. The topological polar surface area (TPSA) is 38.9 Å². The zero-order valence-corrected chi connectivity index (χ0v) is 10.4. The first-order valence-electron chi connectivity index (χ1n) is 5.15. The third-order valence-corrected chi connectivity index (χ3v) is 3.86. The van der Waals surface area contributed by atoms with Crippen LogP contribution in [0.3, 0.4) is 0 Å². The van der Waals surface area contributed by atoms with Crippen molar-refractivity contribution in [2.75, 3.05) is 5.73 Å². The molecule has 0 spiro atoms. The molecule has 17 heavy (non-hydrogen) atoms. The quantitative estimate of drug-likeness (QED) is 0.712. The molecule has 3 aromatic rings. The summed E-state index contributed by atoms with van der Waals surface area (Å²) in [5.41, 5.74) is 8.77. The Kier molecular flexibility index (Phi) is 2.50. The van der Waals surface area contributed by atoms with E-state index in [2.05, 4.69) is 4.98 Å². The Labute approximate surface area is 108 Å². The molecule has 3 rings (SSSR count). The van der Waals surface area contributed by atoms with Crippen molar-refractivity contribution in [2.24, 2.45) is 0 Å². The molecule has 0 aliphatic heterocycles. The van der Waals surface area contributed by atoms with Crippen LogP contribution in [-0.2, 0) is 0 Å². The minimum absolute atomic E-state index is 0.583. The summed E-state index contributed by atoms with van der Waals surface area (Å²) < 4.78 is 1.08. The van der Waals surface area contributed by atoms with E-state index >= 15 is 0 Å². The number of aromatic nitrogens is 1. The summed E-state index contributed by atoms with van der Waals surface area (Å²) >= 11 is 7.71. The van der Waals surface area contributed by atoms with Crippen molar-refractivity contribution in [3.05, 3.63) is 47.5 Å². The smallest absolute Gasteiger partial charge is 0.181 e. The van der Waals surface area contributed by atoms with Gasteiger partial charge in [-0.05, 0) is 12.1 Å². The molecular formula is C13H9ClN2S. The highest BCUT2D eigenvalue weighted by atomic mass is 35.5. The standard InChI is InChI=1S/C13H9ClN2S/c14-10-6-2-1-4-8(10)9-5-3-7-11-12(9)17-13(15)16-11/h1-7H,(H2,15,16). The lowest BCUT2D eigenvalue weighted by atomic mass is 10.1. The van der Waals surface area contributed by atoms with E-state index in [-0.39, 0.29) is 0 Å². The molecule has 0 bridgehead atoms. The lowest BCUT2D eigenvalue weighted by molar-refractivity contribution is 1.49. The monoisotopic (exact) mass is 260 g/mol. The van der Waals surface area contributed by atoms with E-state index in [0.29, 0.717) is 5.13 Å². The van der Waals surface area contributed by atoms with Crippen LogP contribution in [0.1, 0.15) is 0 Å². The molecule has 2 N–H and O–H groups in total. The van der Waals surface area contributed by atoms with Crippen LogP contribution in [0.5, 0.6) is 0 Å². The molecule has 2 aromatic carbocycles. The van der Waals surface area contributed by atoms with E-state index in [4.69, 9.17) is 17.3 Å². The molecule has 0 radical (unpaired) electrons. The van der Waals surface area contributed by atoms with Crippen LogP contribution in [-0.4, -0.2) is 4.98 Å². The van der Waals surface area contributed by atoms with Crippen LogP contribution >= 0.6 is 22.9 Å². The van der Waals surface area contributed by atoms with Crippen LogP contribution in [0, 0.1) is 0 Å². The van der Waals surface area contributed by atoms with Gasteiger partial charge < -0.3 is 5.73 Å². The van der Waals surface area contributed by atoms with Crippen LogP contribution in [0.2, 0.25) is 5.02 Å². The Morgan fingerprint density at radius 2 is 1.76 bits per heavy atom. The van der Waals surface area contributed by atoms with E-state index in [0.717, 1.165) is 26.4 Å². The molecule has 0 saturated heterocycles. The van der Waals surface area contributed by atoms with Crippen molar-refractivity contribution >= 4 is 38.3 Å². The molecule has 0 fully saturated rings. The van der Waals surface area contributed by atoms with Gasteiger partial charge in [-0.2, -0.15) is 0 Å². The number of thiazole rings is 1. The second-order valence-electron chi connectivity index (χ2n) is 3.69. The number of halogens is 1. The van der Waals surface area contributed by atoms with E-state index in [1.807, 2.05) is 42.5 Å². The zero-order chi connectivity index (χ0) is 11.8. The van der Waals surface area contributed by atoms with Crippen LogP contribution in [0.4, 0.5) is 5.13 Å². The minimum atomic E-state index is 0.583. The number of nitrogen functional groups attached to an aromatic ring is 1. The van der Waals surface area contributed by atoms with Crippen molar-refractivity contribution in [1.29, 1.82) is 0 Å². The lowest BCUT2D eigenvalue weighted by Gasteiger charge is -2.04. The highest BCUT2D eigenvalue weighted by Gasteiger charge is 2.10. The number of hydrogen-bond acceptors (Lipinski definition) is 3. The fourth-order valence-corrected chi connectivity index (χ4v) is 2.95. The van der Waals surface area contributed by atoms with E-state index in [1.54, 1.807) is 0 Å². The fraction of sp³-hybridized carbons (Fsp3) is 0. The first kappa shape index (κ1) is 10.6. The molecular weight excluding hydrogens is 252 g/mol. The molecule has 0 aliphatic carbocycles. The Morgan fingerprint density at radius 3 is 2.59 bits per heavy atom. The third kappa shape index (κ3) is 1.77. The second kappa shape index (κ2) is 4.02. The number of fused-ring (bicyclic) bond motifs is 1. The molecule has 84 valence electrons. The second-order valence-corrected chi connectivity index (χ2v) is 5.12. The van der Waals surface area contributed by atoms with Gasteiger partial charge in [-0.3, -0.25) is 0 Å². The summed E-state index contributed by atoms with van der Waals surface area (Å²) in [6, 6.07) is 13.8. The fourth-order valence-electron chi connectivity index (χ4n) is 1.86. The van der Waals surface area contributed by atoms with Gasteiger partial charge in [0.15, 0.2) is 5.13 Å². The normalized spacial score (nSPS) is 10.9. The highest BCUT2D eigenvalue weighted by molar-refractivity contribution is 7.22. The minimum Gasteiger partial charge on any atom is -0.375 e. The van der Waals surface area contributed by atoms with Gasteiger partial charge in [0.2, 0.25) is 0 Å². The summed E-state index contributed by atoms with van der Waals surface area (Å²) in [5.74, 6) is 0. The van der Waals surface area contributed by atoms with Gasteiger partial charge in [0.05, 0.1) is 10.2 Å². The van der Waals surface area contributed by atoms with E-state index in [1.165, 1.54) is 11.3 Å². The largest absolute Gasteiger partial charge is 0.375 e. The predicted octanol–water partition coefficient (Wildman–Crippen LogP) is 4.20. The van der Waals surface area contributed by atoms with Crippen molar-refractivity contribution in [1.82, 2.24) is 4.98 Å². The molecule has 0 saturated carbocycles. The molecule has 0 amide bonds. The molecule has 1 heterocycles. The van der Waals surface area contributed by atoms with E-state index < -0.39 is 0 Å². The number of rotatable bonds is 1. The van der Waals surface area contributed by atoms with Gasteiger partial charge in [0.1, 0.15) is 0 Å². The average molecular weight is 261 g/mol. The lowest BCUT2D eigenvalue weighted by Crippen LogP contribution is -1.80. The Hall–Kier alpha value is -1.58. The third-order valence-electron chi connectivity index (χ3n) is 2.60. The van der Waals surface area contributed by atoms with Gasteiger partial charge in [-0.25, -0.2) is 4.98 Å². The molecule has 4 heteroatoms. The number of nitrogens with two attached hydrogens (primary N) is 1. The maximum atomic E-state index is 6.22. The highest BCUT2D eigenvalue weighted by Crippen LogP contribution is 2.36. The van der Waals surface area contributed by atoms with Gasteiger partial charge in [-0.1, -0.05) is 53.3 Å². The summed E-state index contributed by atoms with van der Waals surface area (Å²) in [6.45, 7) is 0. The molecule has 0 unspecified atom stereocenters. The number of hydrogen-bond donors (Lipinski definition) is 1. The van der Waals surface area contributed by atoms with Gasteiger partial charge in [0, 0.05) is 16.1 Å². The van der Waals surface area contributed by atoms with Crippen molar-refractivity contribution in [2.45, 2.75) is 0 Å². The van der Waals surface area contributed by atoms with Gasteiger partial charge in [-0.15, -0.1) is 0 Å². The Bertz CT molecular complexity index is 691. The van der Waals surface area contributed by atoms with Crippen LogP contribution < -0.4 is 5.73 Å². The van der Waals surface area contributed by atoms with Crippen LogP contribution in [0.15, 0.2) is 42.5 Å². The molecule has 0 aliphatic rings. The van der Waals surface area contributed by atoms with Crippen molar-refractivity contribution in [3.63, 3.8) is 0 Å². The summed E-state index contributed by atoms with van der Waals surface area (Å²) in [7, 11) is 0. The SMILES string of the molecule is Nc1nc2cccc(-c3ccccc3Cl)c2s1.